The van der Waals surface area contributed by atoms with Crippen LogP contribution in [0.4, 0.5) is 5.69 Å². The van der Waals surface area contributed by atoms with Crippen molar-refractivity contribution in [3.05, 3.63) is 58.1 Å². The van der Waals surface area contributed by atoms with Crippen LogP contribution in [0, 0.1) is 10.1 Å². The van der Waals surface area contributed by atoms with Gasteiger partial charge in [-0.1, -0.05) is 0 Å². The molecule has 132 valence electrons. The Labute approximate surface area is 149 Å². The summed E-state index contributed by atoms with van der Waals surface area (Å²) in [7, 11) is 1.50. The second-order valence-corrected chi connectivity index (χ2v) is 4.53. The number of non-ortho nitro benzene ring substituents is 1. The molecule has 0 bridgehead atoms. The Hall–Kier alpha value is -3.33. The van der Waals surface area contributed by atoms with Crippen LogP contribution in [0.5, 0.6) is 17.2 Å². The molecule has 0 aliphatic carbocycles. The zero-order valence-corrected chi connectivity index (χ0v) is 14.0. The fourth-order valence-corrected chi connectivity index (χ4v) is 1.77. The molecule has 0 aliphatic rings. The summed E-state index contributed by atoms with van der Waals surface area (Å²) in [5, 5.41) is 17.9. The van der Waals surface area contributed by atoms with E-state index in [0.29, 0.717) is 22.8 Å². The highest BCUT2D eigenvalue weighted by molar-refractivity contribution is 5.85. The number of nitro groups is 1. The van der Waals surface area contributed by atoms with Crippen molar-refractivity contribution in [1.82, 2.24) is 0 Å². The standard InChI is InChI=1S/C15H15N5O4.ClH/c1-23-14-8-10(9-18-19-15(16)17)2-7-13(14)24-12-5-3-11(4-6-12)20(21)22;/h2-9H,1H3,(H4,16,17,19);1H. The first-order chi connectivity index (χ1) is 11.5. The van der Waals surface area contributed by atoms with Gasteiger partial charge in [0.1, 0.15) is 5.75 Å². The monoisotopic (exact) mass is 365 g/mol. The molecule has 0 heterocycles. The van der Waals surface area contributed by atoms with Crippen molar-refractivity contribution >= 4 is 30.3 Å². The van der Waals surface area contributed by atoms with Crippen molar-refractivity contribution in [2.75, 3.05) is 7.11 Å². The first-order valence-corrected chi connectivity index (χ1v) is 6.72. The van der Waals surface area contributed by atoms with Gasteiger partial charge in [0.05, 0.1) is 18.2 Å². The van der Waals surface area contributed by atoms with Crippen LogP contribution in [0.1, 0.15) is 5.56 Å². The van der Waals surface area contributed by atoms with Crippen molar-refractivity contribution < 1.29 is 14.4 Å². The van der Waals surface area contributed by atoms with E-state index in [4.69, 9.17) is 20.9 Å². The number of nitrogens with two attached hydrogens (primary N) is 2. The lowest BCUT2D eigenvalue weighted by molar-refractivity contribution is -0.384. The first kappa shape index (κ1) is 19.7. The number of rotatable bonds is 6. The maximum atomic E-state index is 10.6. The molecule has 4 N–H and O–H groups in total. The average Bonchev–Trinajstić information content (AvgIpc) is 2.56. The molecule has 0 atom stereocenters. The van der Waals surface area contributed by atoms with Gasteiger partial charge >= 0.3 is 0 Å². The highest BCUT2D eigenvalue weighted by Gasteiger charge is 2.09. The van der Waals surface area contributed by atoms with E-state index in [0.717, 1.165) is 0 Å². The highest BCUT2D eigenvalue weighted by atomic mass is 35.5. The van der Waals surface area contributed by atoms with Crippen molar-refractivity contribution in [2.45, 2.75) is 0 Å². The molecule has 0 amide bonds. The predicted molar refractivity (Wildman–Crippen MR) is 96.8 cm³/mol. The predicted octanol–water partition coefficient (Wildman–Crippen LogP) is 2.42. The topological polar surface area (TPSA) is 138 Å². The van der Waals surface area contributed by atoms with Crippen molar-refractivity contribution in [3.63, 3.8) is 0 Å². The van der Waals surface area contributed by atoms with E-state index in [-0.39, 0.29) is 24.1 Å². The summed E-state index contributed by atoms with van der Waals surface area (Å²) >= 11 is 0. The molecule has 2 aromatic carbocycles. The van der Waals surface area contributed by atoms with Crippen LogP contribution in [-0.4, -0.2) is 24.2 Å². The Kier molecular flexibility index (Phi) is 7.16. The van der Waals surface area contributed by atoms with E-state index in [1.165, 1.54) is 37.6 Å². The molecule has 2 rings (SSSR count). The van der Waals surface area contributed by atoms with Crippen LogP contribution in [0.15, 0.2) is 52.7 Å². The largest absolute Gasteiger partial charge is 0.493 e. The van der Waals surface area contributed by atoms with E-state index < -0.39 is 4.92 Å². The quantitative estimate of drug-likeness (QED) is 0.349. The van der Waals surface area contributed by atoms with Crippen LogP contribution < -0.4 is 20.9 Å². The number of nitrogens with zero attached hydrogens (tertiary/aromatic N) is 3. The van der Waals surface area contributed by atoms with E-state index in [9.17, 15) is 10.1 Å². The molecule has 10 heteroatoms. The fraction of sp³-hybridized carbons (Fsp3) is 0.0667. The van der Waals surface area contributed by atoms with Crippen LogP contribution in [0.2, 0.25) is 0 Å². The maximum absolute atomic E-state index is 10.6. The Bertz CT molecular complexity index is 789. The zero-order chi connectivity index (χ0) is 17.5. The van der Waals surface area contributed by atoms with Crippen molar-refractivity contribution in [1.29, 1.82) is 0 Å². The molecular formula is C15H16ClN5O4. The van der Waals surface area contributed by atoms with Crippen molar-refractivity contribution in [3.8, 4) is 17.2 Å². The first-order valence-electron chi connectivity index (χ1n) is 6.72. The lowest BCUT2D eigenvalue weighted by Crippen LogP contribution is -2.21. The third-order valence-electron chi connectivity index (χ3n) is 2.84. The number of ether oxygens (including phenoxy) is 2. The van der Waals surface area contributed by atoms with Gasteiger partial charge in [-0.2, -0.15) is 5.10 Å². The third kappa shape index (κ3) is 5.66. The van der Waals surface area contributed by atoms with Crippen LogP contribution >= 0.6 is 12.4 Å². The maximum Gasteiger partial charge on any atom is 0.269 e. The second kappa shape index (κ2) is 9.08. The highest BCUT2D eigenvalue weighted by Crippen LogP contribution is 2.32. The molecule has 25 heavy (non-hydrogen) atoms. The molecular weight excluding hydrogens is 350 g/mol. The summed E-state index contributed by atoms with van der Waals surface area (Å²) in [5.41, 5.74) is 11.0. The Morgan fingerprint density at radius 3 is 2.40 bits per heavy atom. The van der Waals surface area contributed by atoms with Crippen LogP contribution in [-0.2, 0) is 0 Å². The molecule has 0 fully saturated rings. The Balaban J connectivity index is 0.00000312. The zero-order valence-electron chi connectivity index (χ0n) is 13.2. The Morgan fingerprint density at radius 2 is 1.84 bits per heavy atom. The third-order valence-corrected chi connectivity index (χ3v) is 2.84. The molecule has 9 nitrogen and oxygen atoms in total. The summed E-state index contributed by atoms with van der Waals surface area (Å²) in [6.07, 6.45) is 1.46. The minimum Gasteiger partial charge on any atom is -0.493 e. The van der Waals surface area contributed by atoms with Gasteiger partial charge in [-0.25, -0.2) is 0 Å². The van der Waals surface area contributed by atoms with E-state index in [1.54, 1.807) is 18.2 Å². The molecule has 0 saturated heterocycles. The van der Waals surface area contributed by atoms with Gasteiger partial charge in [-0.05, 0) is 35.9 Å². The van der Waals surface area contributed by atoms with Gasteiger partial charge < -0.3 is 20.9 Å². The van der Waals surface area contributed by atoms with E-state index >= 15 is 0 Å². The normalized spacial score (nSPS) is 9.96. The van der Waals surface area contributed by atoms with Gasteiger partial charge in [0.25, 0.3) is 5.69 Å². The fourth-order valence-electron chi connectivity index (χ4n) is 1.77. The molecule has 0 radical (unpaired) electrons. The second-order valence-electron chi connectivity index (χ2n) is 4.53. The van der Waals surface area contributed by atoms with Gasteiger partial charge in [0.2, 0.25) is 5.96 Å². The summed E-state index contributed by atoms with van der Waals surface area (Å²) in [6, 6.07) is 10.8. The van der Waals surface area contributed by atoms with Crippen molar-refractivity contribution in [2.24, 2.45) is 21.7 Å². The molecule has 0 aliphatic heterocycles. The smallest absolute Gasteiger partial charge is 0.269 e. The number of hydrogen-bond donors (Lipinski definition) is 2. The lowest BCUT2D eigenvalue weighted by Gasteiger charge is -2.10. The van der Waals surface area contributed by atoms with Gasteiger partial charge in [-0.15, -0.1) is 17.5 Å². The summed E-state index contributed by atoms with van der Waals surface area (Å²) < 4.78 is 10.9. The minimum absolute atomic E-state index is 0. The van der Waals surface area contributed by atoms with Gasteiger partial charge in [0, 0.05) is 12.1 Å². The summed E-state index contributed by atoms with van der Waals surface area (Å²) in [6.45, 7) is 0. The number of halogens is 1. The van der Waals surface area contributed by atoms with Crippen LogP contribution in [0.25, 0.3) is 0 Å². The number of guanidine groups is 1. The molecule has 2 aromatic rings. The van der Waals surface area contributed by atoms with Gasteiger partial charge in [-0.3, -0.25) is 10.1 Å². The number of methoxy groups -OCH3 is 1. The SMILES string of the molecule is COc1cc(C=NN=C(N)N)ccc1Oc1ccc([N+](=O)[O-])cc1.Cl. The number of nitro benzene ring substituents is 1. The molecule has 0 aromatic heterocycles. The van der Waals surface area contributed by atoms with Gasteiger partial charge in [0.15, 0.2) is 11.5 Å². The van der Waals surface area contributed by atoms with Crippen LogP contribution in [0.3, 0.4) is 0 Å². The lowest BCUT2D eigenvalue weighted by atomic mass is 10.2. The average molecular weight is 366 g/mol. The molecule has 0 saturated carbocycles. The van der Waals surface area contributed by atoms with E-state index in [1.807, 2.05) is 0 Å². The number of hydrogen-bond acceptors (Lipinski definition) is 6. The van der Waals surface area contributed by atoms with E-state index in [2.05, 4.69) is 10.2 Å². The minimum atomic E-state index is -0.477. The summed E-state index contributed by atoms with van der Waals surface area (Å²) in [4.78, 5) is 10.2. The summed E-state index contributed by atoms with van der Waals surface area (Å²) in [5.74, 6) is 1.21. The molecule has 0 unspecified atom stereocenters. The Morgan fingerprint density at radius 1 is 1.16 bits per heavy atom. The number of benzene rings is 2. The molecule has 0 spiro atoms.